The van der Waals surface area contributed by atoms with Crippen molar-refractivity contribution in [3.63, 3.8) is 0 Å². The highest BCUT2D eigenvalue weighted by Crippen LogP contribution is 2.25. The number of rotatable bonds is 19. The minimum atomic E-state index is -0.283. The fraction of sp³-hybridized carbons (Fsp3) is 0.500. The second kappa shape index (κ2) is 18.0. The molecule has 0 N–H and O–H groups in total. The van der Waals surface area contributed by atoms with Gasteiger partial charge >= 0.3 is 5.97 Å². The van der Waals surface area contributed by atoms with Gasteiger partial charge in [-0.25, -0.2) is 9.97 Å². The second-order valence-electron chi connectivity index (χ2n) is 10.4. The number of hydrogen-bond acceptors (Lipinski definition) is 6. The van der Waals surface area contributed by atoms with Gasteiger partial charge in [0.1, 0.15) is 18.5 Å². The van der Waals surface area contributed by atoms with E-state index < -0.39 is 0 Å². The summed E-state index contributed by atoms with van der Waals surface area (Å²) in [5, 5.41) is 0. The molecule has 0 amide bonds. The van der Waals surface area contributed by atoms with E-state index in [1.165, 1.54) is 32.1 Å². The highest BCUT2D eigenvalue weighted by atomic mass is 16.6. The van der Waals surface area contributed by atoms with Crippen molar-refractivity contribution in [1.29, 1.82) is 0 Å². The van der Waals surface area contributed by atoms with Crippen molar-refractivity contribution in [2.24, 2.45) is 0 Å². The minimum Gasteiger partial charge on any atom is -0.490 e. The summed E-state index contributed by atoms with van der Waals surface area (Å²) in [6.45, 7) is 7.29. The molecule has 0 bridgehead atoms. The summed E-state index contributed by atoms with van der Waals surface area (Å²) in [5.41, 5.74) is 3.14. The van der Waals surface area contributed by atoms with E-state index in [1.807, 2.05) is 43.3 Å². The van der Waals surface area contributed by atoms with Crippen molar-refractivity contribution < 1.29 is 19.0 Å². The average Bonchev–Trinajstić information content (AvgIpc) is 2.98. The van der Waals surface area contributed by atoms with Crippen LogP contribution in [0.5, 0.6) is 11.5 Å². The maximum Gasteiger partial charge on any atom is 0.306 e. The van der Waals surface area contributed by atoms with Gasteiger partial charge in [-0.05, 0) is 43.0 Å². The molecule has 3 aromatic rings. The van der Waals surface area contributed by atoms with Crippen LogP contribution in [0.2, 0.25) is 0 Å². The molecule has 0 fully saturated rings. The Bertz CT molecular complexity index is 1100. The Labute approximate surface area is 240 Å². The van der Waals surface area contributed by atoms with E-state index in [0.29, 0.717) is 31.2 Å². The summed E-state index contributed by atoms with van der Waals surface area (Å²) in [6, 6.07) is 16.1. The molecule has 2 aromatic carbocycles. The molecule has 1 heterocycles. The van der Waals surface area contributed by atoms with Gasteiger partial charge < -0.3 is 14.2 Å². The van der Waals surface area contributed by atoms with Gasteiger partial charge in [0.15, 0.2) is 11.6 Å². The predicted molar refractivity (Wildman–Crippen MR) is 162 cm³/mol. The van der Waals surface area contributed by atoms with E-state index in [-0.39, 0.29) is 12.1 Å². The topological polar surface area (TPSA) is 70.5 Å². The average molecular weight is 547 g/mol. The van der Waals surface area contributed by atoms with Crippen LogP contribution in [-0.2, 0) is 9.53 Å². The quantitative estimate of drug-likeness (QED) is 0.110. The zero-order chi connectivity index (χ0) is 28.4. The highest BCUT2D eigenvalue weighted by molar-refractivity contribution is 5.69. The number of nitrogens with zero attached hydrogens (tertiary/aromatic N) is 2. The number of carbonyl (C=O) groups excluding carboxylic acids is 1. The molecule has 1 unspecified atom stereocenters. The molecule has 0 aliphatic carbocycles. The summed E-state index contributed by atoms with van der Waals surface area (Å²) in [6.07, 6.45) is 15.4. The summed E-state index contributed by atoms with van der Waals surface area (Å²) >= 11 is 0. The number of unbranched alkanes of at least 4 members (excludes halogenated alkanes) is 8. The first-order valence-electron chi connectivity index (χ1n) is 15.1. The van der Waals surface area contributed by atoms with Gasteiger partial charge in [0.05, 0.1) is 19.0 Å². The van der Waals surface area contributed by atoms with Crippen molar-refractivity contribution in [2.75, 3.05) is 13.2 Å². The van der Waals surface area contributed by atoms with Crippen LogP contribution in [0, 0.1) is 0 Å². The smallest absolute Gasteiger partial charge is 0.306 e. The fourth-order valence-electron chi connectivity index (χ4n) is 4.39. The summed E-state index contributed by atoms with van der Waals surface area (Å²) < 4.78 is 17.1. The monoisotopic (exact) mass is 546 g/mol. The number of aromatic nitrogens is 2. The van der Waals surface area contributed by atoms with Crippen LogP contribution in [-0.4, -0.2) is 35.3 Å². The lowest BCUT2D eigenvalue weighted by Gasteiger charge is -2.15. The predicted octanol–water partition coefficient (Wildman–Crippen LogP) is 8.83. The lowest BCUT2D eigenvalue weighted by molar-refractivity contribution is -0.149. The standard InChI is InChI=1S/C34H46N2O4/c1-4-6-8-10-11-13-23-38-32-24-35-34(36-25-32)30-17-15-28(16-18-30)29-19-21-31(22-20-29)39-26-27(3)40-33(37)14-12-9-7-5-2/h15-22,24-25,27H,4-14,23,26H2,1-3H3. The van der Waals surface area contributed by atoms with E-state index in [1.54, 1.807) is 12.4 Å². The molecule has 0 aliphatic rings. The van der Waals surface area contributed by atoms with Gasteiger partial charge in [0.2, 0.25) is 0 Å². The third-order valence-electron chi connectivity index (χ3n) is 6.78. The lowest BCUT2D eigenvalue weighted by atomic mass is 10.0. The molecule has 0 saturated carbocycles. The third kappa shape index (κ3) is 11.4. The molecular formula is C34H46N2O4. The third-order valence-corrected chi connectivity index (χ3v) is 6.78. The van der Waals surface area contributed by atoms with Gasteiger partial charge in [-0.1, -0.05) is 102 Å². The lowest BCUT2D eigenvalue weighted by Crippen LogP contribution is -2.21. The summed E-state index contributed by atoms with van der Waals surface area (Å²) in [5.74, 6) is 1.99. The van der Waals surface area contributed by atoms with Crippen molar-refractivity contribution >= 4 is 5.97 Å². The van der Waals surface area contributed by atoms with Crippen LogP contribution in [0.4, 0.5) is 0 Å². The van der Waals surface area contributed by atoms with E-state index in [0.717, 1.165) is 54.5 Å². The molecule has 3 rings (SSSR count). The molecule has 0 saturated heterocycles. The minimum absolute atomic E-state index is 0.149. The molecule has 0 spiro atoms. The van der Waals surface area contributed by atoms with Crippen LogP contribution < -0.4 is 9.47 Å². The maximum atomic E-state index is 12.0. The van der Waals surface area contributed by atoms with Gasteiger partial charge in [-0.3, -0.25) is 4.79 Å². The molecule has 6 nitrogen and oxygen atoms in total. The van der Waals surface area contributed by atoms with E-state index >= 15 is 0 Å². The van der Waals surface area contributed by atoms with Crippen LogP contribution in [0.3, 0.4) is 0 Å². The van der Waals surface area contributed by atoms with Crippen molar-refractivity contribution in [3.05, 3.63) is 60.9 Å². The Morgan fingerprint density at radius 1 is 0.675 bits per heavy atom. The molecule has 0 radical (unpaired) electrons. The Morgan fingerprint density at radius 3 is 1.88 bits per heavy atom. The van der Waals surface area contributed by atoms with Gasteiger partial charge in [-0.2, -0.15) is 0 Å². The molecule has 1 atom stereocenters. The normalized spacial score (nSPS) is 11.7. The SMILES string of the molecule is CCCCCCCCOc1cnc(-c2ccc(-c3ccc(OCC(C)OC(=O)CCCCCC)cc3)cc2)nc1. The van der Waals surface area contributed by atoms with Crippen LogP contribution in [0.25, 0.3) is 22.5 Å². The van der Waals surface area contributed by atoms with Crippen molar-refractivity contribution in [1.82, 2.24) is 9.97 Å². The van der Waals surface area contributed by atoms with Crippen LogP contribution in [0.15, 0.2) is 60.9 Å². The largest absolute Gasteiger partial charge is 0.490 e. The first kappa shape index (κ1) is 31.1. The maximum absolute atomic E-state index is 12.0. The summed E-state index contributed by atoms with van der Waals surface area (Å²) in [4.78, 5) is 20.9. The first-order valence-corrected chi connectivity index (χ1v) is 15.1. The zero-order valence-corrected chi connectivity index (χ0v) is 24.6. The Kier molecular flexibility index (Phi) is 14.0. The molecule has 6 heteroatoms. The van der Waals surface area contributed by atoms with E-state index in [2.05, 4.69) is 35.9 Å². The van der Waals surface area contributed by atoms with Crippen molar-refractivity contribution in [3.8, 4) is 34.0 Å². The van der Waals surface area contributed by atoms with Crippen LogP contribution >= 0.6 is 0 Å². The number of carbonyl (C=O) groups is 1. The molecule has 1 aromatic heterocycles. The van der Waals surface area contributed by atoms with Gasteiger partial charge in [0, 0.05) is 12.0 Å². The number of esters is 1. The second-order valence-corrected chi connectivity index (χ2v) is 10.4. The number of benzene rings is 2. The Balaban J connectivity index is 1.41. The Hall–Kier alpha value is -3.41. The van der Waals surface area contributed by atoms with Crippen LogP contribution in [0.1, 0.15) is 91.4 Å². The molecular weight excluding hydrogens is 500 g/mol. The fourth-order valence-corrected chi connectivity index (χ4v) is 4.39. The molecule has 216 valence electrons. The number of ether oxygens (including phenoxy) is 3. The van der Waals surface area contributed by atoms with Gasteiger partial charge in [0.25, 0.3) is 0 Å². The highest BCUT2D eigenvalue weighted by Gasteiger charge is 2.10. The number of hydrogen-bond donors (Lipinski definition) is 0. The zero-order valence-electron chi connectivity index (χ0n) is 24.6. The summed E-state index contributed by atoms with van der Waals surface area (Å²) in [7, 11) is 0. The first-order chi connectivity index (χ1) is 19.6. The van der Waals surface area contributed by atoms with E-state index in [4.69, 9.17) is 14.2 Å². The van der Waals surface area contributed by atoms with Gasteiger partial charge in [-0.15, -0.1) is 0 Å². The molecule has 0 aliphatic heterocycles. The van der Waals surface area contributed by atoms with Crippen molar-refractivity contribution in [2.45, 2.75) is 97.5 Å². The Morgan fingerprint density at radius 2 is 1.23 bits per heavy atom. The molecule has 40 heavy (non-hydrogen) atoms. The van der Waals surface area contributed by atoms with E-state index in [9.17, 15) is 4.79 Å².